The minimum Gasteiger partial charge on any atom is -0.503 e. The molecule has 0 spiro atoms. The lowest BCUT2D eigenvalue weighted by atomic mass is 9.95. The van der Waals surface area contributed by atoms with Crippen LogP contribution in [0.3, 0.4) is 0 Å². The van der Waals surface area contributed by atoms with Gasteiger partial charge in [0.1, 0.15) is 12.4 Å². The van der Waals surface area contributed by atoms with E-state index in [1.165, 1.54) is 35.1 Å². The number of benzene rings is 3. The Kier molecular flexibility index (Phi) is 8.94. The average molecular weight is 644 g/mol. The summed E-state index contributed by atoms with van der Waals surface area (Å²) in [7, 11) is 0. The van der Waals surface area contributed by atoms with E-state index in [1.807, 2.05) is 37.3 Å². The zero-order chi connectivity index (χ0) is 31.3. The van der Waals surface area contributed by atoms with Gasteiger partial charge in [-0.1, -0.05) is 77.7 Å². The van der Waals surface area contributed by atoms with E-state index < -0.39 is 23.5 Å². The molecule has 0 saturated heterocycles. The average Bonchev–Trinajstić information content (AvgIpc) is 3.81. The van der Waals surface area contributed by atoms with Crippen molar-refractivity contribution >= 4 is 39.9 Å². The van der Waals surface area contributed by atoms with Crippen molar-refractivity contribution < 1.29 is 33.0 Å². The molecule has 0 fully saturated rings. The van der Waals surface area contributed by atoms with Gasteiger partial charge in [-0.05, 0) is 53.9 Å². The van der Waals surface area contributed by atoms with Crippen LogP contribution < -0.4 is 14.4 Å². The van der Waals surface area contributed by atoms with Crippen molar-refractivity contribution in [2.75, 3.05) is 11.5 Å². The number of carbonyl (C=O) groups is 2. The zero-order valence-corrected chi connectivity index (χ0v) is 25.5. The van der Waals surface area contributed by atoms with Gasteiger partial charge in [-0.3, -0.25) is 14.5 Å². The van der Waals surface area contributed by atoms with Crippen molar-refractivity contribution in [2.24, 2.45) is 0 Å². The number of carbonyl (C=O) groups excluding carboxylic acids is 2. The smallest absolute Gasteiger partial charge is 0.296 e. The second-order valence-corrected chi connectivity index (χ2v) is 12.0. The van der Waals surface area contributed by atoms with E-state index in [0.717, 1.165) is 16.9 Å². The van der Waals surface area contributed by atoms with E-state index in [1.54, 1.807) is 42.5 Å². The molecule has 0 radical (unpaired) electrons. The van der Waals surface area contributed by atoms with Gasteiger partial charge in [-0.15, -0.1) is 10.2 Å². The van der Waals surface area contributed by atoms with Crippen LogP contribution in [0.5, 0.6) is 11.5 Å². The van der Waals surface area contributed by atoms with Crippen LogP contribution in [0, 0.1) is 5.82 Å². The number of ether oxygens (including phenoxy) is 2. The van der Waals surface area contributed by atoms with E-state index in [0.29, 0.717) is 45.9 Å². The summed E-state index contributed by atoms with van der Waals surface area (Å²) < 4.78 is 31.9. The van der Waals surface area contributed by atoms with Crippen LogP contribution in [0.25, 0.3) is 0 Å². The van der Waals surface area contributed by atoms with Gasteiger partial charge in [-0.2, -0.15) is 0 Å². The predicted molar refractivity (Wildman–Crippen MR) is 167 cm³/mol. The van der Waals surface area contributed by atoms with Crippen LogP contribution in [-0.4, -0.2) is 33.6 Å². The molecule has 3 heterocycles. The lowest BCUT2D eigenvalue weighted by molar-refractivity contribution is -0.117. The third kappa shape index (κ3) is 6.33. The Labute approximate surface area is 265 Å². The van der Waals surface area contributed by atoms with E-state index in [2.05, 4.69) is 10.2 Å². The fourth-order valence-electron chi connectivity index (χ4n) is 4.82. The van der Waals surface area contributed by atoms with Crippen LogP contribution >= 0.6 is 23.1 Å². The van der Waals surface area contributed by atoms with Crippen LogP contribution in [0.2, 0.25) is 0 Å². The van der Waals surface area contributed by atoms with Gasteiger partial charge < -0.3 is 19.0 Å². The molecule has 1 aliphatic rings. The molecule has 0 bridgehead atoms. The molecule has 1 amide bonds. The predicted octanol–water partition coefficient (Wildman–Crippen LogP) is 7.32. The summed E-state index contributed by atoms with van der Waals surface area (Å²) >= 11 is 2.35. The number of hydrogen-bond donors (Lipinski definition) is 1. The standard InChI is InChI=1S/C33H26FN3O6S2/c1-2-41-26-17-21(14-15-24(26)43-18-20-9-4-3-5-10-20)28-27(29(38)25-13-8-16-42-25)30(39)31(40)37(28)32-35-36-33(45-32)44-19-22-11-6-7-12-23(22)34/h3-17,28,39H,2,18-19H2,1H3. The maximum absolute atomic E-state index is 14.2. The second kappa shape index (κ2) is 13.4. The van der Waals surface area contributed by atoms with Crippen molar-refractivity contribution in [3.63, 3.8) is 0 Å². The number of nitrogens with zero attached hydrogens (tertiary/aromatic N) is 3. The lowest BCUT2D eigenvalue weighted by Gasteiger charge is -2.25. The van der Waals surface area contributed by atoms with Gasteiger partial charge >= 0.3 is 0 Å². The Balaban J connectivity index is 1.35. The van der Waals surface area contributed by atoms with Crippen molar-refractivity contribution in [3.8, 4) is 11.5 Å². The number of ketones is 1. The van der Waals surface area contributed by atoms with Crippen molar-refractivity contribution in [2.45, 2.75) is 29.7 Å². The zero-order valence-electron chi connectivity index (χ0n) is 23.9. The molecule has 5 aromatic rings. The highest BCUT2D eigenvalue weighted by Crippen LogP contribution is 2.45. The quantitative estimate of drug-likeness (QED) is 0.0848. The minimum atomic E-state index is -1.09. The number of thioether (sulfide) groups is 1. The molecule has 6 rings (SSSR count). The molecule has 0 saturated carbocycles. The first kappa shape index (κ1) is 30.1. The number of furan rings is 1. The Morgan fingerprint density at radius 3 is 2.58 bits per heavy atom. The fraction of sp³-hybridized carbons (Fsp3) is 0.152. The number of aliphatic hydroxyl groups excluding tert-OH is 1. The van der Waals surface area contributed by atoms with Crippen molar-refractivity contribution in [1.29, 1.82) is 0 Å². The minimum absolute atomic E-state index is 0.0394. The summed E-state index contributed by atoms with van der Waals surface area (Å²) in [6, 6.07) is 23.1. The first-order chi connectivity index (χ1) is 21.9. The first-order valence-electron chi connectivity index (χ1n) is 13.9. The van der Waals surface area contributed by atoms with E-state index in [9.17, 15) is 19.1 Å². The lowest BCUT2D eigenvalue weighted by Crippen LogP contribution is -2.31. The van der Waals surface area contributed by atoms with Gasteiger partial charge in [-0.25, -0.2) is 4.39 Å². The van der Waals surface area contributed by atoms with Crippen LogP contribution in [0.15, 0.2) is 111 Å². The Hall–Kier alpha value is -4.94. The molecule has 1 atom stereocenters. The van der Waals surface area contributed by atoms with E-state index >= 15 is 0 Å². The Morgan fingerprint density at radius 1 is 1.02 bits per heavy atom. The van der Waals surface area contributed by atoms with Crippen LogP contribution in [-0.2, 0) is 17.2 Å². The van der Waals surface area contributed by atoms with Gasteiger partial charge in [0.15, 0.2) is 27.4 Å². The molecule has 2 aromatic heterocycles. The largest absolute Gasteiger partial charge is 0.503 e. The number of aromatic nitrogens is 2. The maximum atomic E-state index is 14.2. The first-order valence-corrected chi connectivity index (χ1v) is 15.7. The summed E-state index contributed by atoms with van der Waals surface area (Å²) in [4.78, 5) is 28.5. The number of Topliss-reactive ketones (excluding diaryl/α,β-unsaturated/α-hetero) is 1. The molecular formula is C33H26FN3O6S2. The summed E-state index contributed by atoms with van der Waals surface area (Å²) in [5.41, 5.74) is 1.76. The van der Waals surface area contributed by atoms with Gasteiger partial charge in [0.2, 0.25) is 10.9 Å². The molecule has 228 valence electrons. The number of aliphatic hydroxyl groups is 1. The van der Waals surface area contributed by atoms with Crippen LogP contribution in [0.1, 0.15) is 40.2 Å². The number of rotatable bonds is 12. The van der Waals surface area contributed by atoms with Crippen molar-refractivity contribution in [1.82, 2.24) is 10.2 Å². The number of halogens is 1. The molecular weight excluding hydrogens is 618 g/mol. The SMILES string of the molecule is CCOc1cc(C2C(C(=O)c3ccco3)=C(O)C(=O)N2c2nnc(SCc3ccccc3F)s2)ccc1OCc1ccccc1. The number of hydrogen-bond acceptors (Lipinski definition) is 10. The van der Waals surface area contributed by atoms with Gasteiger partial charge in [0.25, 0.3) is 5.91 Å². The molecule has 3 aromatic carbocycles. The highest BCUT2D eigenvalue weighted by atomic mass is 32.2. The van der Waals surface area contributed by atoms with Crippen LogP contribution in [0.4, 0.5) is 9.52 Å². The summed E-state index contributed by atoms with van der Waals surface area (Å²) in [6.45, 7) is 2.46. The van der Waals surface area contributed by atoms with Gasteiger partial charge in [0.05, 0.1) is 24.5 Å². The third-order valence-electron chi connectivity index (χ3n) is 6.93. The van der Waals surface area contributed by atoms with Crippen molar-refractivity contribution in [3.05, 3.63) is 131 Å². The van der Waals surface area contributed by atoms with Gasteiger partial charge in [0, 0.05) is 5.75 Å². The normalized spacial score (nSPS) is 14.7. The Morgan fingerprint density at radius 2 is 1.82 bits per heavy atom. The molecule has 0 aliphatic carbocycles. The summed E-state index contributed by atoms with van der Waals surface area (Å²) in [5, 5.41) is 19.7. The highest BCUT2D eigenvalue weighted by molar-refractivity contribution is 8.00. The molecule has 45 heavy (non-hydrogen) atoms. The number of anilines is 1. The maximum Gasteiger partial charge on any atom is 0.296 e. The highest BCUT2D eigenvalue weighted by Gasteiger charge is 2.47. The summed E-state index contributed by atoms with van der Waals surface area (Å²) in [5.74, 6) is -1.41. The molecule has 12 heteroatoms. The van der Waals surface area contributed by atoms with E-state index in [-0.39, 0.29) is 22.3 Å². The monoisotopic (exact) mass is 643 g/mol. The summed E-state index contributed by atoms with van der Waals surface area (Å²) in [6.07, 6.45) is 1.34. The Bertz CT molecular complexity index is 1860. The third-order valence-corrected chi connectivity index (χ3v) is 9.03. The number of amides is 1. The van der Waals surface area contributed by atoms with E-state index in [4.69, 9.17) is 13.9 Å². The molecule has 1 N–H and O–H groups in total. The second-order valence-electron chi connectivity index (χ2n) is 9.79. The molecule has 1 unspecified atom stereocenters. The fourth-order valence-corrected chi connectivity index (χ4v) is 6.68. The topological polar surface area (TPSA) is 115 Å². The molecule has 1 aliphatic heterocycles. The molecule has 9 nitrogen and oxygen atoms in total.